The maximum absolute atomic E-state index is 11.9. The van der Waals surface area contributed by atoms with Crippen LogP contribution in [0, 0.1) is 0 Å². The van der Waals surface area contributed by atoms with Crippen molar-refractivity contribution in [3.8, 4) is 5.75 Å². The zero-order valence-electron chi connectivity index (χ0n) is 9.72. The number of aliphatic hydroxyl groups excluding tert-OH is 1. The van der Waals surface area contributed by atoms with Gasteiger partial charge in [-0.05, 0) is 24.6 Å². The maximum atomic E-state index is 11.9. The molecular weight excluding hydrogens is 218 g/mol. The van der Waals surface area contributed by atoms with E-state index >= 15 is 0 Å². The van der Waals surface area contributed by atoms with Gasteiger partial charge in [0.1, 0.15) is 5.75 Å². The average Bonchev–Trinajstić information content (AvgIpc) is 2.34. The first-order valence-electron chi connectivity index (χ1n) is 5.50. The van der Waals surface area contributed by atoms with Crippen LogP contribution >= 0.6 is 0 Å². The van der Waals surface area contributed by atoms with Gasteiger partial charge in [-0.2, -0.15) is 0 Å². The third kappa shape index (κ3) is 2.03. The lowest BCUT2D eigenvalue weighted by Crippen LogP contribution is -2.44. The fourth-order valence-corrected chi connectivity index (χ4v) is 1.87. The van der Waals surface area contributed by atoms with Crippen molar-refractivity contribution in [2.24, 2.45) is 0 Å². The number of rotatable bonds is 3. The Labute approximate surface area is 100 Å². The Morgan fingerprint density at radius 1 is 1.59 bits per heavy atom. The molecule has 90 valence electrons. The molecule has 0 aliphatic carbocycles. The maximum Gasteiger partial charge on any atom is 0.268 e. The van der Waals surface area contributed by atoms with Crippen molar-refractivity contribution in [1.29, 1.82) is 0 Å². The second-order valence-electron chi connectivity index (χ2n) is 3.96. The Bertz CT molecular complexity index is 456. The summed E-state index contributed by atoms with van der Waals surface area (Å²) >= 11 is 0. The topological polar surface area (TPSA) is 49.8 Å². The quantitative estimate of drug-likeness (QED) is 0.804. The second-order valence-corrected chi connectivity index (χ2v) is 3.96. The smallest absolute Gasteiger partial charge is 0.268 e. The number of hydrogen-bond donors (Lipinski definition) is 1. The molecule has 17 heavy (non-hydrogen) atoms. The summed E-state index contributed by atoms with van der Waals surface area (Å²) in [7, 11) is 0. The minimum absolute atomic E-state index is 0.0412. The third-order valence-electron chi connectivity index (χ3n) is 2.73. The summed E-state index contributed by atoms with van der Waals surface area (Å²) in [5, 5.41) is 9.07. The lowest BCUT2D eigenvalue weighted by atomic mass is 10.1. The van der Waals surface area contributed by atoms with Crippen LogP contribution in [0.4, 0.5) is 5.69 Å². The summed E-state index contributed by atoms with van der Waals surface area (Å²) in [5.74, 6) is 0.555. The van der Waals surface area contributed by atoms with Gasteiger partial charge in [0.15, 0.2) is 6.10 Å². The van der Waals surface area contributed by atoms with E-state index in [1.54, 1.807) is 36.1 Å². The summed E-state index contributed by atoms with van der Waals surface area (Å²) in [4.78, 5) is 13.6. The lowest BCUT2D eigenvalue weighted by molar-refractivity contribution is -0.125. The van der Waals surface area contributed by atoms with Crippen molar-refractivity contribution >= 4 is 11.6 Å². The molecule has 1 aromatic rings. The van der Waals surface area contributed by atoms with Crippen molar-refractivity contribution in [2.45, 2.75) is 19.6 Å². The molecule has 1 heterocycles. The fraction of sp³-hybridized carbons (Fsp3) is 0.308. The average molecular weight is 233 g/mol. The molecule has 0 aromatic heterocycles. The van der Waals surface area contributed by atoms with Crippen LogP contribution in [0.5, 0.6) is 5.75 Å². The molecule has 0 spiro atoms. The Morgan fingerprint density at radius 2 is 2.35 bits per heavy atom. The van der Waals surface area contributed by atoms with E-state index in [-0.39, 0.29) is 12.5 Å². The van der Waals surface area contributed by atoms with Gasteiger partial charge in [0, 0.05) is 6.54 Å². The van der Waals surface area contributed by atoms with Crippen LogP contribution in [0.25, 0.3) is 0 Å². The molecule has 2 rings (SSSR count). The van der Waals surface area contributed by atoms with E-state index in [9.17, 15) is 4.79 Å². The first-order chi connectivity index (χ1) is 8.17. The highest BCUT2D eigenvalue weighted by molar-refractivity contribution is 6.00. The monoisotopic (exact) mass is 233 g/mol. The largest absolute Gasteiger partial charge is 0.479 e. The van der Waals surface area contributed by atoms with Gasteiger partial charge in [0.2, 0.25) is 0 Å². The van der Waals surface area contributed by atoms with Gasteiger partial charge in [0.05, 0.1) is 12.3 Å². The minimum Gasteiger partial charge on any atom is -0.479 e. The molecule has 4 heteroatoms. The molecule has 4 nitrogen and oxygen atoms in total. The fourth-order valence-electron chi connectivity index (χ4n) is 1.87. The number of carbonyl (C=O) groups excluding carboxylic acids is 1. The second kappa shape index (κ2) is 4.59. The minimum atomic E-state index is -0.503. The molecule has 1 atom stereocenters. The predicted octanol–water partition coefficient (Wildman–Crippen LogP) is 1.48. The number of aliphatic hydroxyl groups is 1. The molecule has 1 amide bonds. The normalized spacial score (nSPS) is 18.6. The number of fused-ring (bicyclic) bond motifs is 1. The van der Waals surface area contributed by atoms with E-state index in [0.29, 0.717) is 12.3 Å². The van der Waals surface area contributed by atoms with E-state index < -0.39 is 6.10 Å². The number of carbonyl (C=O) groups is 1. The summed E-state index contributed by atoms with van der Waals surface area (Å²) in [6, 6.07) is 5.32. The molecule has 1 aromatic carbocycles. The molecule has 0 radical (unpaired) electrons. The number of hydrogen-bond acceptors (Lipinski definition) is 3. The molecule has 0 bridgehead atoms. The first-order valence-corrected chi connectivity index (χ1v) is 5.50. The predicted molar refractivity (Wildman–Crippen MR) is 65.0 cm³/mol. The molecule has 1 N–H and O–H groups in total. The summed E-state index contributed by atoms with van der Waals surface area (Å²) in [6.07, 6.45) is 1.18. The standard InChI is InChI=1S/C13H15NO3/c1-3-6-14-11-5-4-10(8-15)7-12(11)17-9(2)13(14)16/h3-5,7,9,15H,1,6,8H2,2H3. The number of amides is 1. The molecule has 1 aliphatic rings. The highest BCUT2D eigenvalue weighted by atomic mass is 16.5. The van der Waals surface area contributed by atoms with Gasteiger partial charge in [-0.25, -0.2) is 0 Å². The van der Waals surface area contributed by atoms with Gasteiger partial charge in [-0.15, -0.1) is 6.58 Å². The zero-order valence-corrected chi connectivity index (χ0v) is 9.72. The first kappa shape index (κ1) is 11.7. The third-order valence-corrected chi connectivity index (χ3v) is 2.73. The summed E-state index contributed by atoms with van der Waals surface area (Å²) < 4.78 is 5.53. The van der Waals surface area contributed by atoms with E-state index in [0.717, 1.165) is 11.3 Å². The van der Waals surface area contributed by atoms with Crippen LogP contribution in [-0.4, -0.2) is 23.7 Å². The Morgan fingerprint density at radius 3 is 3.00 bits per heavy atom. The van der Waals surface area contributed by atoms with E-state index in [4.69, 9.17) is 9.84 Å². The number of benzene rings is 1. The zero-order chi connectivity index (χ0) is 12.4. The molecular formula is C13H15NO3. The number of nitrogens with zero attached hydrogens (tertiary/aromatic N) is 1. The van der Waals surface area contributed by atoms with Crippen LogP contribution in [0.3, 0.4) is 0 Å². The van der Waals surface area contributed by atoms with Gasteiger partial charge in [-0.1, -0.05) is 12.1 Å². The Kier molecular flexibility index (Phi) is 3.15. The van der Waals surface area contributed by atoms with Crippen LogP contribution in [0.1, 0.15) is 12.5 Å². The Balaban J connectivity index is 2.44. The molecule has 1 aliphatic heterocycles. The SMILES string of the molecule is C=CCN1C(=O)C(C)Oc2cc(CO)ccc21. The van der Waals surface area contributed by atoms with Crippen molar-refractivity contribution in [3.63, 3.8) is 0 Å². The van der Waals surface area contributed by atoms with Crippen LogP contribution < -0.4 is 9.64 Å². The van der Waals surface area contributed by atoms with Gasteiger partial charge in [-0.3, -0.25) is 4.79 Å². The van der Waals surface area contributed by atoms with Crippen LogP contribution in [0.2, 0.25) is 0 Å². The lowest BCUT2D eigenvalue weighted by Gasteiger charge is -2.32. The van der Waals surface area contributed by atoms with Gasteiger partial charge < -0.3 is 14.7 Å². The highest BCUT2D eigenvalue weighted by Crippen LogP contribution is 2.34. The van der Waals surface area contributed by atoms with Crippen LogP contribution in [-0.2, 0) is 11.4 Å². The van der Waals surface area contributed by atoms with Crippen LogP contribution in [0.15, 0.2) is 30.9 Å². The van der Waals surface area contributed by atoms with E-state index in [1.165, 1.54) is 0 Å². The van der Waals surface area contributed by atoms with Gasteiger partial charge in [0.25, 0.3) is 5.91 Å². The van der Waals surface area contributed by atoms with Gasteiger partial charge >= 0.3 is 0 Å². The van der Waals surface area contributed by atoms with Crippen molar-refractivity contribution < 1.29 is 14.6 Å². The molecule has 0 saturated carbocycles. The highest BCUT2D eigenvalue weighted by Gasteiger charge is 2.30. The molecule has 1 unspecified atom stereocenters. The summed E-state index contributed by atoms with van der Waals surface area (Å²) in [6.45, 7) is 5.78. The van der Waals surface area contributed by atoms with Crippen molar-refractivity contribution in [3.05, 3.63) is 36.4 Å². The number of ether oxygens (including phenoxy) is 1. The summed E-state index contributed by atoms with van der Waals surface area (Å²) in [5.41, 5.74) is 1.49. The molecule has 0 fully saturated rings. The van der Waals surface area contributed by atoms with Crippen molar-refractivity contribution in [1.82, 2.24) is 0 Å². The van der Waals surface area contributed by atoms with E-state index in [2.05, 4.69) is 6.58 Å². The van der Waals surface area contributed by atoms with Crippen molar-refractivity contribution in [2.75, 3.05) is 11.4 Å². The molecule has 0 saturated heterocycles. The van der Waals surface area contributed by atoms with E-state index in [1.807, 2.05) is 0 Å². The number of anilines is 1. The Hall–Kier alpha value is -1.81.